The molecule has 4 aromatic rings. The summed E-state index contributed by atoms with van der Waals surface area (Å²) in [4.78, 5) is 25.8. The third kappa shape index (κ3) is 3.08. The molecule has 3 heterocycles. The number of nitrogens with one attached hydrogen (secondary N) is 1. The molecule has 146 valence electrons. The van der Waals surface area contributed by atoms with E-state index in [1.807, 2.05) is 30.3 Å². The average Bonchev–Trinajstić information content (AvgIpc) is 3.18. The minimum atomic E-state index is -0.537. The highest BCUT2D eigenvalue weighted by Gasteiger charge is 2.20. The third-order valence-electron chi connectivity index (χ3n) is 4.53. The number of fused-ring (bicyclic) bond motifs is 1. The standard InChI is InChI=1S/C20H15N9O/c1-12(26-18-15(9-22)17(23)24-11-25-18)19-27-16-7-13(8-21)10-28(16)20(30)29(19)14-5-3-2-4-6-14/h2-7,10-12H,1H3,(H3,23,24,25,26). The number of hydrogen-bond acceptors (Lipinski definition) is 8. The quantitative estimate of drug-likeness (QED) is 0.529. The fraction of sp³-hybridized carbons (Fsp3) is 0.100. The zero-order chi connectivity index (χ0) is 21.3. The van der Waals surface area contributed by atoms with Gasteiger partial charge in [-0.15, -0.1) is 0 Å². The van der Waals surface area contributed by atoms with Crippen LogP contribution in [0.1, 0.15) is 29.9 Å². The number of anilines is 2. The van der Waals surface area contributed by atoms with E-state index < -0.39 is 6.04 Å². The van der Waals surface area contributed by atoms with E-state index in [9.17, 15) is 15.3 Å². The first-order chi connectivity index (χ1) is 14.5. The van der Waals surface area contributed by atoms with Gasteiger partial charge in [0, 0.05) is 12.3 Å². The van der Waals surface area contributed by atoms with Crippen molar-refractivity contribution in [2.24, 2.45) is 0 Å². The van der Waals surface area contributed by atoms with E-state index in [4.69, 9.17) is 5.73 Å². The molecule has 1 aromatic carbocycles. The molecule has 0 saturated heterocycles. The maximum Gasteiger partial charge on any atom is 0.339 e. The molecule has 0 bridgehead atoms. The minimum Gasteiger partial charge on any atom is -0.382 e. The molecule has 3 N–H and O–H groups in total. The molecule has 3 aromatic heterocycles. The van der Waals surface area contributed by atoms with E-state index in [0.29, 0.717) is 22.7 Å². The minimum absolute atomic E-state index is 0.0521. The topological polar surface area (TPSA) is 151 Å². The zero-order valence-electron chi connectivity index (χ0n) is 15.8. The molecular formula is C20H15N9O. The summed E-state index contributed by atoms with van der Waals surface area (Å²) in [6, 6.07) is 14.0. The van der Waals surface area contributed by atoms with Gasteiger partial charge in [-0.1, -0.05) is 18.2 Å². The van der Waals surface area contributed by atoms with Crippen LogP contribution in [0.15, 0.2) is 53.7 Å². The van der Waals surface area contributed by atoms with Gasteiger partial charge >= 0.3 is 5.69 Å². The van der Waals surface area contributed by atoms with Crippen LogP contribution in [0.5, 0.6) is 0 Å². The number of nitrogen functional groups attached to an aromatic ring is 1. The summed E-state index contributed by atoms with van der Waals surface area (Å²) >= 11 is 0. The molecule has 4 rings (SSSR count). The Morgan fingerprint density at radius 3 is 2.63 bits per heavy atom. The van der Waals surface area contributed by atoms with Crippen LogP contribution in [0.2, 0.25) is 0 Å². The van der Waals surface area contributed by atoms with Crippen molar-refractivity contribution in [3.8, 4) is 17.8 Å². The third-order valence-corrected chi connectivity index (χ3v) is 4.53. The van der Waals surface area contributed by atoms with Crippen LogP contribution in [0.3, 0.4) is 0 Å². The number of nitrogens with zero attached hydrogens (tertiary/aromatic N) is 7. The van der Waals surface area contributed by atoms with E-state index in [0.717, 1.165) is 0 Å². The molecule has 30 heavy (non-hydrogen) atoms. The average molecular weight is 397 g/mol. The maximum absolute atomic E-state index is 13.3. The second-order valence-corrected chi connectivity index (χ2v) is 6.45. The largest absolute Gasteiger partial charge is 0.382 e. The van der Waals surface area contributed by atoms with Gasteiger partial charge in [0.15, 0.2) is 0 Å². The molecule has 0 fully saturated rings. The first-order valence-corrected chi connectivity index (χ1v) is 8.91. The van der Waals surface area contributed by atoms with E-state index in [2.05, 4.69) is 20.3 Å². The van der Waals surface area contributed by atoms with Gasteiger partial charge < -0.3 is 11.1 Å². The Labute approximate surface area is 170 Å². The molecule has 0 radical (unpaired) electrons. The van der Waals surface area contributed by atoms with Crippen molar-refractivity contribution in [2.75, 3.05) is 11.1 Å². The van der Waals surface area contributed by atoms with Crippen molar-refractivity contribution in [3.05, 3.63) is 76.4 Å². The number of hydrogen-bond donors (Lipinski definition) is 2. The predicted octanol–water partition coefficient (Wildman–Crippen LogP) is 1.77. The summed E-state index contributed by atoms with van der Waals surface area (Å²) in [7, 11) is 0. The second kappa shape index (κ2) is 7.37. The fourth-order valence-electron chi connectivity index (χ4n) is 3.12. The lowest BCUT2D eigenvalue weighted by atomic mass is 10.2. The molecule has 0 spiro atoms. The van der Waals surface area contributed by atoms with Crippen molar-refractivity contribution in [1.82, 2.24) is 23.9 Å². The van der Waals surface area contributed by atoms with Gasteiger partial charge in [-0.25, -0.2) is 24.3 Å². The number of nitrogens with two attached hydrogens (primary N) is 1. The number of rotatable bonds is 4. The van der Waals surface area contributed by atoms with Gasteiger partial charge in [0.2, 0.25) is 0 Å². The van der Waals surface area contributed by atoms with Gasteiger partial charge in [0.05, 0.1) is 17.3 Å². The molecule has 10 nitrogen and oxygen atoms in total. The predicted molar refractivity (Wildman–Crippen MR) is 109 cm³/mol. The Morgan fingerprint density at radius 2 is 1.93 bits per heavy atom. The maximum atomic E-state index is 13.3. The van der Waals surface area contributed by atoms with Crippen LogP contribution >= 0.6 is 0 Å². The van der Waals surface area contributed by atoms with Gasteiger partial charge in [-0.05, 0) is 19.1 Å². The van der Waals surface area contributed by atoms with Crippen LogP contribution in [0.4, 0.5) is 11.6 Å². The number of nitriles is 2. The monoisotopic (exact) mass is 397 g/mol. The van der Waals surface area contributed by atoms with E-state index >= 15 is 0 Å². The Morgan fingerprint density at radius 1 is 1.17 bits per heavy atom. The summed E-state index contributed by atoms with van der Waals surface area (Å²) in [5.41, 5.74) is 6.77. The normalized spacial score (nSPS) is 11.6. The van der Waals surface area contributed by atoms with Gasteiger partial charge in [-0.2, -0.15) is 10.5 Å². The first kappa shape index (κ1) is 18.7. The zero-order valence-corrected chi connectivity index (χ0v) is 15.8. The van der Waals surface area contributed by atoms with Gasteiger partial charge in [0.25, 0.3) is 0 Å². The molecule has 1 unspecified atom stereocenters. The lowest BCUT2D eigenvalue weighted by molar-refractivity contribution is 0.694. The molecule has 0 aliphatic heterocycles. The van der Waals surface area contributed by atoms with Crippen LogP contribution in [0.25, 0.3) is 11.3 Å². The first-order valence-electron chi connectivity index (χ1n) is 8.91. The molecule has 0 aliphatic rings. The summed E-state index contributed by atoms with van der Waals surface area (Å²) in [5, 5.41) is 21.7. The molecular weight excluding hydrogens is 382 g/mol. The fourth-order valence-corrected chi connectivity index (χ4v) is 3.12. The highest BCUT2D eigenvalue weighted by atomic mass is 16.1. The van der Waals surface area contributed by atoms with Crippen molar-refractivity contribution >= 4 is 17.3 Å². The summed E-state index contributed by atoms with van der Waals surface area (Å²) in [6.45, 7) is 1.78. The van der Waals surface area contributed by atoms with Crippen molar-refractivity contribution in [3.63, 3.8) is 0 Å². The molecule has 0 saturated carbocycles. The summed E-state index contributed by atoms with van der Waals surface area (Å²) in [5.74, 6) is 0.665. The number of para-hydroxylation sites is 1. The Balaban J connectivity index is 1.91. The number of aromatic nitrogens is 5. The highest BCUT2D eigenvalue weighted by molar-refractivity contribution is 5.62. The SMILES string of the molecule is CC(Nc1ncnc(N)c1C#N)c1nc2cc(C#N)cn2c(=O)n1-c1ccccc1. The Hall–Kier alpha value is -4.70. The van der Waals surface area contributed by atoms with Gasteiger partial charge in [-0.3, -0.25) is 4.40 Å². The van der Waals surface area contributed by atoms with Crippen LogP contribution in [-0.2, 0) is 0 Å². The molecule has 10 heteroatoms. The lowest BCUT2D eigenvalue weighted by Crippen LogP contribution is -2.31. The highest BCUT2D eigenvalue weighted by Crippen LogP contribution is 2.23. The van der Waals surface area contributed by atoms with Crippen molar-refractivity contribution < 1.29 is 0 Å². The summed E-state index contributed by atoms with van der Waals surface area (Å²) < 4.78 is 2.77. The van der Waals surface area contributed by atoms with E-state index in [1.165, 1.54) is 27.6 Å². The Bertz CT molecular complexity index is 1390. The van der Waals surface area contributed by atoms with Crippen LogP contribution in [0, 0.1) is 22.7 Å². The van der Waals surface area contributed by atoms with E-state index in [-0.39, 0.29) is 22.9 Å². The molecule has 0 amide bonds. The van der Waals surface area contributed by atoms with Gasteiger partial charge in [0.1, 0.15) is 47.1 Å². The Kier molecular flexibility index (Phi) is 4.58. The number of benzene rings is 1. The lowest BCUT2D eigenvalue weighted by Gasteiger charge is -2.20. The van der Waals surface area contributed by atoms with Crippen LogP contribution in [-0.4, -0.2) is 23.9 Å². The van der Waals surface area contributed by atoms with Crippen molar-refractivity contribution in [2.45, 2.75) is 13.0 Å². The molecule has 0 aliphatic carbocycles. The van der Waals surface area contributed by atoms with E-state index in [1.54, 1.807) is 19.1 Å². The second-order valence-electron chi connectivity index (χ2n) is 6.45. The smallest absolute Gasteiger partial charge is 0.339 e. The summed E-state index contributed by atoms with van der Waals surface area (Å²) in [6.07, 6.45) is 2.70. The van der Waals surface area contributed by atoms with Crippen LogP contribution < -0.4 is 16.7 Å². The molecule has 1 atom stereocenters. The van der Waals surface area contributed by atoms with Crippen molar-refractivity contribution in [1.29, 1.82) is 10.5 Å².